The minimum Gasteiger partial charge on any atom is -0.321 e. The Hall–Kier alpha value is -2.62. The van der Waals surface area contributed by atoms with Crippen LogP contribution in [0.3, 0.4) is 0 Å². The first-order valence-electron chi connectivity index (χ1n) is 7.92. The predicted octanol–water partition coefficient (Wildman–Crippen LogP) is 5.79. The van der Waals surface area contributed by atoms with Crippen LogP contribution in [0.15, 0.2) is 66.7 Å². The molecule has 0 heterocycles. The van der Waals surface area contributed by atoms with E-state index in [1.165, 1.54) is 6.07 Å². The summed E-state index contributed by atoms with van der Waals surface area (Å²) in [6.07, 6.45) is 0. The number of nitrogens with one attached hydrogen (secondary N) is 1. The third-order valence-corrected chi connectivity index (χ3v) is 4.44. The lowest BCUT2D eigenvalue weighted by Crippen LogP contribution is -2.15. The Balaban J connectivity index is 1.97. The van der Waals surface area contributed by atoms with Crippen molar-refractivity contribution in [3.05, 3.63) is 99.0 Å². The van der Waals surface area contributed by atoms with Crippen molar-refractivity contribution in [1.82, 2.24) is 0 Å². The lowest BCUT2D eigenvalue weighted by molar-refractivity contribution is 0.102. The molecule has 0 atom stereocenters. The summed E-state index contributed by atoms with van der Waals surface area (Å²) in [5.74, 6) is -0.609. The van der Waals surface area contributed by atoms with E-state index in [2.05, 4.69) is 5.32 Å². The van der Waals surface area contributed by atoms with Crippen molar-refractivity contribution in [1.29, 1.82) is 0 Å². The van der Waals surface area contributed by atoms with Crippen LogP contribution >= 0.6 is 23.2 Å². The maximum absolute atomic E-state index is 12.9. The maximum Gasteiger partial charge on any atom is 0.255 e. The van der Waals surface area contributed by atoms with Gasteiger partial charge in [-0.2, -0.15) is 0 Å². The van der Waals surface area contributed by atoms with Gasteiger partial charge in [0.05, 0.1) is 10.7 Å². The number of amides is 1. The number of aryl methyl sites for hydroxylation is 1. The van der Waals surface area contributed by atoms with Gasteiger partial charge in [0.25, 0.3) is 5.91 Å². The van der Waals surface area contributed by atoms with Crippen LogP contribution in [0.2, 0.25) is 10.0 Å². The molecule has 0 radical (unpaired) electrons. The summed E-state index contributed by atoms with van der Waals surface area (Å²) in [5.41, 5.74) is 2.50. The van der Waals surface area contributed by atoms with Gasteiger partial charge in [0.1, 0.15) is 0 Å². The Kier molecular flexibility index (Phi) is 5.40. The Morgan fingerprint density at radius 1 is 0.846 bits per heavy atom. The molecule has 0 unspecified atom stereocenters. The second kappa shape index (κ2) is 7.73. The number of carbonyl (C=O) groups excluding carboxylic acids is 2. The number of carbonyl (C=O) groups is 2. The molecule has 0 aliphatic carbocycles. The largest absolute Gasteiger partial charge is 0.321 e. The molecule has 0 aromatic heterocycles. The molecule has 26 heavy (non-hydrogen) atoms. The van der Waals surface area contributed by atoms with E-state index in [9.17, 15) is 9.59 Å². The number of anilines is 1. The van der Waals surface area contributed by atoms with Crippen molar-refractivity contribution >= 4 is 40.6 Å². The molecule has 1 N–H and O–H groups in total. The number of rotatable bonds is 4. The summed E-state index contributed by atoms with van der Waals surface area (Å²) in [5, 5.41) is 3.53. The summed E-state index contributed by atoms with van der Waals surface area (Å²) in [4.78, 5) is 25.5. The van der Waals surface area contributed by atoms with Gasteiger partial charge in [0, 0.05) is 21.7 Å². The molecule has 0 fully saturated rings. The molecule has 1 amide bonds. The highest BCUT2D eigenvalue weighted by atomic mass is 35.5. The van der Waals surface area contributed by atoms with Crippen molar-refractivity contribution in [2.24, 2.45) is 0 Å². The molecule has 0 saturated heterocycles. The highest BCUT2D eigenvalue weighted by Gasteiger charge is 2.18. The fourth-order valence-electron chi connectivity index (χ4n) is 2.58. The molecule has 0 spiro atoms. The summed E-state index contributed by atoms with van der Waals surface area (Å²) in [6, 6.07) is 18.7. The number of hydrogen-bond acceptors (Lipinski definition) is 2. The summed E-state index contributed by atoms with van der Waals surface area (Å²) >= 11 is 12.2. The van der Waals surface area contributed by atoms with Gasteiger partial charge in [-0.05, 0) is 49.4 Å². The van der Waals surface area contributed by atoms with Gasteiger partial charge >= 0.3 is 0 Å². The van der Waals surface area contributed by atoms with Crippen LogP contribution in [0, 0.1) is 6.92 Å². The molecular formula is C21H15Cl2NO2. The van der Waals surface area contributed by atoms with E-state index in [0.29, 0.717) is 26.9 Å². The molecule has 0 aliphatic heterocycles. The molecule has 0 saturated carbocycles. The second-order valence-corrected chi connectivity index (χ2v) is 6.67. The molecule has 5 heteroatoms. The van der Waals surface area contributed by atoms with Crippen LogP contribution in [0.5, 0.6) is 0 Å². The Bertz CT molecular complexity index is 999. The van der Waals surface area contributed by atoms with E-state index < -0.39 is 0 Å². The molecule has 3 rings (SSSR count). The zero-order valence-corrected chi connectivity index (χ0v) is 15.4. The van der Waals surface area contributed by atoms with Crippen molar-refractivity contribution in [3.63, 3.8) is 0 Å². The predicted molar refractivity (Wildman–Crippen MR) is 105 cm³/mol. The first-order chi connectivity index (χ1) is 12.5. The van der Waals surface area contributed by atoms with Crippen LogP contribution in [0.25, 0.3) is 0 Å². The van der Waals surface area contributed by atoms with Gasteiger partial charge in [0.15, 0.2) is 5.78 Å². The summed E-state index contributed by atoms with van der Waals surface area (Å²) < 4.78 is 0. The van der Waals surface area contributed by atoms with Gasteiger partial charge < -0.3 is 5.32 Å². The number of halogens is 2. The van der Waals surface area contributed by atoms with Crippen LogP contribution in [-0.4, -0.2) is 11.7 Å². The molecule has 130 valence electrons. The van der Waals surface area contributed by atoms with Crippen molar-refractivity contribution in [2.75, 3.05) is 5.32 Å². The normalized spacial score (nSPS) is 10.4. The smallest absolute Gasteiger partial charge is 0.255 e. The quantitative estimate of drug-likeness (QED) is 0.579. The van der Waals surface area contributed by atoms with E-state index in [0.717, 1.165) is 5.56 Å². The SMILES string of the molecule is Cc1cccc(C(=O)Nc2ccc(Cl)cc2C(=O)c2ccccc2Cl)c1. The van der Waals surface area contributed by atoms with E-state index in [1.54, 1.807) is 48.5 Å². The van der Waals surface area contributed by atoms with Gasteiger partial charge in [-0.15, -0.1) is 0 Å². The van der Waals surface area contributed by atoms with Gasteiger partial charge in [-0.3, -0.25) is 9.59 Å². The van der Waals surface area contributed by atoms with Gasteiger partial charge in [-0.1, -0.05) is 53.0 Å². The minimum atomic E-state index is -0.308. The van der Waals surface area contributed by atoms with E-state index in [1.807, 2.05) is 19.1 Å². The fourth-order valence-corrected chi connectivity index (χ4v) is 2.98. The third-order valence-electron chi connectivity index (χ3n) is 3.87. The number of hydrogen-bond donors (Lipinski definition) is 1. The maximum atomic E-state index is 12.9. The van der Waals surface area contributed by atoms with Crippen LogP contribution in [0.4, 0.5) is 5.69 Å². The Labute approximate surface area is 161 Å². The lowest BCUT2D eigenvalue weighted by atomic mass is 10.0. The molecule has 3 nitrogen and oxygen atoms in total. The van der Waals surface area contributed by atoms with Crippen LogP contribution in [0.1, 0.15) is 31.8 Å². The first-order valence-corrected chi connectivity index (χ1v) is 8.68. The molecule has 0 bridgehead atoms. The van der Waals surface area contributed by atoms with Crippen molar-refractivity contribution < 1.29 is 9.59 Å². The number of benzene rings is 3. The lowest BCUT2D eigenvalue weighted by Gasteiger charge is -2.12. The summed E-state index contributed by atoms with van der Waals surface area (Å²) in [6.45, 7) is 1.91. The first kappa shape index (κ1) is 18.2. The minimum absolute atomic E-state index is 0.284. The van der Waals surface area contributed by atoms with E-state index >= 15 is 0 Å². The van der Waals surface area contributed by atoms with Crippen LogP contribution < -0.4 is 5.32 Å². The molecule has 3 aromatic carbocycles. The third kappa shape index (κ3) is 3.96. The summed E-state index contributed by atoms with van der Waals surface area (Å²) in [7, 11) is 0. The molecule has 0 aliphatic rings. The Morgan fingerprint density at radius 2 is 1.62 bits per heavy atom. The average Bonchev–Trinajstić information content (AvgIpc) is 2.63. The monoisotopic (exact) mass is 383 g/mol. The second-order valence-electron chi connectivity index (χ2n) is 5.82. The van der Waals surface area contributed by atoms with E-state index in [-0.39, 0.29) is 17.3 Å². The zero-order valence-electron chi connectivity index (χ0n) is 13.9. The highest BCUT2D eigenvalue weighted by Crippen LogP contribution is 2.27. The topological polar surface area (TPSA) is 46.2 Å². The standard InChI is InChI=1S/C21H15Cl2NO2/c1-13-5-4-6-14(11-13)21(26)24-19-10-9-15(22)12-17(19)20(25)16-7-2-3-8-18(16)23/h2-12H,1H3,(H,24,26). The van der Waals surface area contributed by atoms with Gasteiger partial charge in [0.2, 0.25) is 0 Å². The molecular weight excluding hydrogens is 369 g/mol. The average molecular weight is 384 g/mol. The van der Waals surface area contributed by atoms with Crippen molar-refractivity contribution in [2.45, 2.75) is 6.92 Å². The van der Waals surface area contributed by atoms with Gasteiger partial charge in [-0.25, -0.2) is 0 Å². The van der Waals surface area contributed by atoms with E-state index in [4.69, 9.17) is 23.2 Å². The zero-order chi connectivity index (χ0) is 18.7. The number of ketones is 1. The van der Waals surface area contributed by atoms with Crippen LogP contribution in [-0.2, 0) is 0 Å². The fraction of sp³-hybridized carbons (Fsp3) is 0.0476. The van der Waals surface area contributed by atoms with Crippen molar-refractivity contribution in [3.8, 4) is 0 Å². The highest BCUT2D eigenvalue weighted by molar-refractivity contribution is 6.36. The Morgan fingerprint density at radius 3 is 2.35 bits per heavy atom. The molecule has 3 aromatic rings.